The van der Waals surface area contributed by atoms with Gasteiger partial charge in [0.15, 0.2) is 0 Å². The zero-order chi connectivity index (χ0) is 13.7. The number of urea groups is 1. The number of amides is 2. The first-order valence-electron chi connectivity index (χ1n) is 6.96. The molecular weight excluding hydrogens is 304 g/mol. The van der Waals surface area contributed by atoms with Crippen molar-refractivity contribution in [1.82, 2.24) is 5.32 Å². The van der Waals surface area contributed by atoms with Crippen LogP contribution in [0.3, 0.4) is 0 Å². The molecule has 2 amide bonds. The van der Waals surface area contributed by atoms with Gasteiger partial charge in [0.25, 0.3) is 0 Å². The Bertz CT molecular complexity index is 422. The van der Waals surface area contributed by atoms with E-state index in [0.29, 0.717) is 0 Å². The Morgan fingerprint density at radius 1 is 1.05 bits per heavy atom. The van der Waals surface area contributed by atoms with Gasteiger partial charge < -0.3 is 11.1 Å². The van der Waals surface area contributed by atoms with Gasteiger partial charge in [0.2, 0.25) is 0 Å². The van der Waals surface area contributed by atoms with E-state index in [4.69, 9.17) is 5.73 Å². The fourth-order valence-corrected chi connectivity index (χ4v) is 3.26. The number of primary amides is 1. The summed E-state index contributed by atoms with van der Waals surface area (Å²) in [6.07, 6.45) is 7.98. The molecule has 1 saturated carbocycles. The van der Waals surface area contributed by atoms with Crippen LogP contribution in [0.25, 0.3) is 0 Å². The van der Waals surface area contributed by atoms with Gasteiger partial charge in [-0.15, -0.1) is 0 Å². The molecule has 19 heavy (non-hydrogen) atoms. The molecule has 1 aromatic carbocycles. The Kier molecular flexibility index (Phi) is 4.86. The maximum Gasteiger partial charge on any atom is 0.312 e. The Morgan fingerprint density at radius 2 is 1.58 bits per heavy atom. The standard InChI is InChI=1S/C15H21BrN2O/c16-13-8-6-12(7-9-13)15(18-14(17)19)10-4-2-1-3-5-11-15/h6-9H,1-5,10-11H2,(H3,17,18,19). The van der Waals surface area contributed by atoms with E-state index in [1.807, 2.05) is 12.1 Å². The molecule has 1 fully saturated rings. The van der Waals surface area contributed by atoms with Gasteiger partial charge in [-0.2, -0.15) is 0 Å². The number of carbonyl (C=O) groups is 1. The molecular formula is C15H21BrN2O. The van der Waals surface area contributed by atoms with Crippen LogP contribution >= 0.6 is 15.9 Å². The average Bonchev–Trinajstić information content (AvgIpc) is 2.33. The van der Waals surface area contributed by atoms with Crippen molar-refractivity contribution < 1.29 is 4.79 Å². The minimum absolute atomic E-state index is 0.285. The molecule has 0 atom stereocenters. The number of nitrogens with one attached hydrogen (secondary N) is 1. The number of nitrogens with two attached hydrogens (primary N) is 1. The lowest BCUT2D eigenvalue weighted by molar-refractivity contribution is 0.217. The summed E-state index contributed by atoms with van der Waals surface area (Å²) in [5, 5.41) is 3.02. The summed E-state index contributed by atoms with van der Waals surface area (Å²) in [4.78, 5) is 11.4. The highest BCUT2D eigenvalue weighted by Gasteiger charge is 2.33. The smallest absolute Gasteiger partial charge is 0.312 e. The lowest BCUT2D eigenvalue weighted by atomic mass is 9.78. The molecule has 0 unspecified atom stereocenters. The fourth-order valence-electron chi connectivity index (χ4n) is 3.00. The van der Waals surface area contributed by atoms with Crippen LogP contribution in [0.4, 0.5) is 4.79 Å². The van der Waals surface area contributed by atoms with Crippen LogP contribution in [0, 0.1) is 0 Å². The number of hydrogen-bond donors (Lipinski definition) is 2. The van der Waals surface area contributed by atoms with Crippen LogP contribution < -0.4 is 11.1 Å². The first kappa shape index (κ1) is 14.4. The molecule has 0 aliphatic heterocycles. The normalized spacial score (nSPS) is 19.2. The van der Waals surface area contributed by atoms with Gasteiger partial charge in [-0.1, -0.05) is 60.2 Å². The Balaban J connectivity index is 2.30. The van der Waals surface area contributed by atoms with E-state index in [1.165, 1.54) is 19.3 Å². The summed E-state index contributed by atoms with van der Waals surface area (Å²) in [6, 6.07) is 7.80. The minimum atomic E-state index is -0.427. The summed E-state index contributed by atoms with van der Waals surface area (Å²) in [5.41, 5.74) is 6.29. The first-order chi connectivity index (χ1) is 9.12. The highest BCUT2D eigenvalue weighted by atomic mass is 79.9. The van der Waals surface area contributed by atoms with Crippen molar-refractivity contribution in [1.29, 1.82) is 0 Å². The van der Waals surface area contributed by atoms with Crippen molar-refractivity contribution in [2.45, 2.75) is 50.5 Å². The quantitative estimate of drug-likeness (QED) is 0.846. The number of rotatable bonds is 2. The number of carbonyl (C=O) groups excluding carboxylic acids is 1. The molecule has 0 saturated heterocycles. The molecule has 2 rings (SSSR count). The van der Waals surface area contributed by atoms with Gasteiger partial charge in [0.1, 0.15) is 0 Å². The highest BCUT2D eigenvalue weighted by Crippen LogP contribution is 2.35. The molecule has 1 aliphatic carbocycles. The third kappa shape index (κ3) is 3.72. The van der Waals surface area contributed by atoms with Crippen LogP contribution in [-0.2, 0) is 5.54 Å². The Labute approximate surface area is 123 Å². The second kappa shape index (κ2) is 6.42. The van der Waals surface area contributed by atoms with Crippen molar-refractivity contribution in [2.24, 2.45) is 5.73 Å². The molecule has 0 heterocycles. The second-order valence-corrected chi connectivity index (χ2v) is 6.26. The van der Waals surface area contributed by atoms with Gasteiger partial charge in [-0.25, -0.2) is 4.79 Å². The lowest BCUT2D eigenvalue weighted by Gasteiger charge is -2.36. The van der Waals surface area contributed by atoms with Crippen molar-refractivity contribution in [3.05, 3.63) is 34.3 Å². The van der Waals surface area contributed by atoms with Gasteiger partial charge in [0.05, 0.1) is 5.54 Å². The molecule has 104 valence electrons. The maximum absolute atomic E-state index is 11.4. The number of halogens is 1. The summed E-state index contributed by atoms with van der Waals surface area (Å²) in [7, 11) is 0. The van der Waals surface area contributed by atoms with E-state index in [2.05, 4.69) is 33.4 Å². The van der Waals surface area contributed by atoms with Crippen molar-refractivity contribution in [2.75, 3.05) is 0 Å². The Morgan fingerprint density at radius 3 is 2.11 bits per heavy atom. The Hall–Kier alpha value is -1.03. The van der Waals surface area contributed by atoms with Crippen LogP contribution in [0.1, 0.15) is 50.5 Å². The average molecular weight is 325 g/mol. The largest absolute Gasteiger partial charge is 0.352 e. The van der Waals surface area contributed by atoms with E-state index in [0.717, 1.165) is 35.7 Å². The van der Waals surface area contributed by atoms with E-state index < -0.39 is 6.03 Å². The fraction of sp³-hybridized carbons (Fsp3) is 0.533. The van der Waals surface area contributed by atoms with E-state index >= 15 is 0 Å². The van der Waals surface area contributed by atoms with Gasteiger partial charge in [-0.05, 0) is 30.5 Å². The first-order valence-corrected chi connectivity index (χ1v) is 7.75. The van der Waals surface area contributed by atoms with Gasteiger partial charge in [-0.3, -0.25) is 0 Å². The summed E-state index contributed by atoms with van der Waals surface area (Å²) < 4.78 is 1.05. The molecule has 3 N–H and O–H groups in total. The molecule has 3 nitrogen and oxygen atoms in total. The topological polar surface area (TPSA) is 55.1 Å². The molecule has 0 bridgehead atoms. The summed E-state index contributed by atoms with van der Waals surface area (Å²) in [5.74, 6) is 0. The third-order valence-electron chi connectivity index (χ3n) is 3.97. The lowest BCUT2D eigenvalue weighted by Crippen LogP contribution is -2.48. The summed E-state index contributed by atoms with van der Waals surface area (Å²) >= 11 is 3.45. The van der Waals surface area contributed by atoms with Gasteiger partial charge in [0, 0.05) is 4.47 Å². The molecule has 1 aliphatic rings. The zero-order valence-corrected chi connectivity index (χ0v) is 12.7. The summed E-state index contributed by atoms with van der Waals surface area (Å²) in [6.45, 7) is 0. The molecule has 1 aromatic rings. The predicted molar refractivity (Wildman–Crippen MR) is 80.9 cm³/mol. The van der Waals surface area contributed by atoms with Crippen LogP contribution in [0.15, 0.2) is 28.7 Å². The molecule has 0 aromatic heterocycles. The van der Waals surface area contributed by atoms with Crippen LogP contribution in [0.5, 0.6) is 0 Å². The van der Waals surface area contributed by atoms with Crippen LogP contribution in [-0.4, -0.2) is 6.03 Å². The SMILES string of the molecule is NC(=O)NC1(c2ccc(Br)cc2)CCCCCCC1. The highest BCUT2D eigenvalue weighted by molar-refractivity contribution is 9.10. The monoisotopic (exact) mass is 324 g/mol. The predicted octanol–water partition coefficient (Wildman–Crippen LogP) is 4.06. The molecule has 4 heteroatoms. The second-order valence-electron chi connectivity index (χ2n) is 5.35. The van der Waals surface area contributed by atoms with Crippen molar-refractivity contribution >= 4 is 22.0 Å². The van der Waals surface area contributed by atoms with Gasteiger partial charge >= 0.3 is 6.03 Å². The maximum atomic E-state index is 11.4. The molecule has 0 radical (unpaired) electrons. The van der Waals surface area contributed by atoms with Crippen LogP contribution in [0.2, 0.25) is 0 Å². The third-order valence-corrected chi connectivity index (χ3v) is 4.50. The van der Waals surface area contributed by atoms with Crippen molar-refractivity contribution in [3.63, 3.8) is 0 Å². The number of hydrogen-bond acceptors (Lipinski definition) is 1. The minimum Gasteiger partial charge on any atom is -0.352 e. The number of benzene rings is 1. The van der Waals surface area contributed by atoms with E-state index in [-0.39, 0.29) is 5.54 Å². The molecule has 0 spiro atoms. The van der Waals surface area contributed by atoms with E-state index in [9.17, 15) is 4.79 Å². The van der Waals surface area contributed by atoms with E-state index in [1.54, 1.807) is 0 Å². The van der Waals surface area contributed by atoms with Crippen molar-refractivity contribution in [3.8, 4) is 0 Å². The zero-order valence-electron chi connectivity index (χ0n) is 11.1.